The standard InChI is InChI=1S/C15H25N3O3/c1-4-11(5-2)18(7-8-19)14-9-12(13(16)10-17-14)15(20)21-6-3/h9-11,19H,4-8,16H2,1-3H3. The maximum atomic E-state index is 11.9. The SMILES string of the molecule is CCOC(=O)c1cc(N(CCO)C(CC)CC)ncc1N. The summed E-state index contributed by atoms with van der Waals surface area (Å²) >= 11 is 0. The highest BCUT2D eigenvalue weighted by Gasteiger charge is 2.20. The van der Waals surface area contributed by atoms with E-state index in [1.54, 1.807) is 13.0 Å². The van der Waals surface area contributed by atoms with E-state index < -0.39 is 5.97 Å². The first-order valence-corrected chi connectivity index (χ1v) is 7.39. The summed E-state index contributed by atoms with van der Waals surface area (Å²) in [7, 11) is 0. The van der Waals surface area contributed by atoms with Crippen LogP contribution in [-0.4, -0.2) is 41.9 Å². The Morgan fingerprint density at radius 1 is 1.43 bits per heavy atom. The van der Waals surface area contributed by atoms with Crippen LogP contribution in [-0.2, 0) is 4.74 Å². The molecule has 0 amide bonds. The smallest absolute Gasteiger partial charge is 0.340 e. The van der Waals surface area contributed by atoms with E-state index in [2.05, 4.69) is 18.8 Å². The van der Waals surface area contributed by atoms with Crippen LogP contribution in [0.1, 0.15) is 44.0 Å². The number of ether oxygens (including phenoxy) is 1. The zero-order chi connectivity index (χ0) is 15.8. The van der Waals surface area contributed by atoms with E-state index in [1.807, 2.05) is 4.90 Å². The fraction of sp³-hybridized carbons (Fsp3) is 0.600. The number of pyridine rings is 1. The quantitative estimate of drug-likeness (QED) is 0.711. The third-order valence-corrected chi connectivity index (χ3v) is 3.43. The van der Waals surface area contributed by atoms with E-state index in [1.165, 1.54) is 6.20 Å². The Balaban J connectivity index is 3.14. The summed E-state index contributed by atoms with van der Waals surface area (Å²) < 4.78 is 5.00. The molecule has 0 aliphatic rings. The summed E-state index contributed by atoms with van der Waals surface area (Å²) in [6, 6.07) is 1.89. The zero-order valence-electron chi connectivity index (χ0n) is 13.0. The summed E-state index contributed by atoms with van der Waals surface area (Å²) in [4.78, 5) is 18.2. The molecule has 1 aromatic heterocycles. The maximum absolute atomic E-state index is 11.9. The van der Waals surface area contributed by atoms with Crippen molar-refractivity contribution in [1.29, 1.82) is 0 Å². The molecule has 0 unspecified atom stereocenters. The van der Waals surface area contributed by atoms with Gasteiger partial charge in [0.25, 0.3) is 0 Å². The molecule has 0 aliphatic heterocycles. The lowest BCUT2D eigenvalue weighted by atomic mass is 10.1. The molecular weight excluding hydrogens is 270 g/mol. The van der Waals surface area contributed by atoms with Crippen molar-refractivity contribution in [3.63, 3.8) is 0 Å². The van der Waals surface area contributed by atoms with Crippen LogP contribution < -0.4 is 10.6 Å². The van der Waals surface area contributed by atoms with Gasteiger partial charge in [-0.3, -0.25) is 0 Å². The van der Waals surface area contributed by atoms with Crippen LogP contribution in [0.2, 0.25) is 0 Å². The highest BCUT2D eigenvalue weighted by Crippen LogP contribution is 2.22. The third-order valence-electron chi connectivity index (χ3n) is 3.43. The number of anilines is 2. The Morgan fingerprint density at radius 2 is 2.10 bits per heavy atom. The molecule has 0 radical (unpaired) electrons. The molecule has 0 spiro atoms. The monoisotopic (exact) mass is 295 g/mol. The number of hydrogen-bond donors (Lipinski definition) is 2. The highest BCUT2D eigenvalue weighted by atomic mass is 16.5. The molecule has 0 atom stereocenters. The molecule has 0 saturated carbocycles. The Morgan fingerprint density at radius 3 is 2.62 bits per heavy atom. The van der Waals surface area contributed by atoms with Crippen molar-refractivity contribution in [3.05, 3.63) is 17.8 Å². The summed E-state index contributed by atoms with van der Waals surface area (Å²) in [5.41, 5.74) is 6.42. The van der Waals surface area contributed by atoms with Gasteiger partial charge in [-0.15, -0.1) is 0 Å². The summed E-state index contributed by atoms with van der Waals surface area (Å²) in [5, 5.41) is 9.27. The normalized spacial score (nSPS) is 10.7. The molecular formula is C15H25N3O3. The second kappa shape index (κ2) is 8.46. The average molecular weight is 295 g/mol. The zero-order valence-corrected chi connectivity index (χ0v) is 13.0. The molecule has 1 heterocycles. The van der Waals surface area contributed by atoms with Crippen LogP contribution in [0.15, 0.2) is 12.3 Å². The second-order valence-corrected chi connectivity index (χ2v) is 4.74. The van der Waals surface area contributed by atoms with Crippen molar-refractivity contribution < 1.29 is 14.6 Å². The van der Waals surface area contributed by atoms with Crippen LogP contribution in [0.3, 0.4) is 0 Å². The minimum atomic E-state index is -0.452. The van der Waals surface area contributed by atoms with Gasteiger partial charge in [0.05, 0.1) is 30.7 Å². The third kappa shape index (κ3) is 4.32. The number of aliphatic hydroxyl groups is 1. The first-order valence-electron chi connectivity index (χ1n) is 7.39. The maximum Gasteiger partial charge on any atom is 0.340 e. The van der Waals surface area contributed by atoms with Crippen molar-refractivity contribution in [1.82, 2.24) is 4.98 Å². The molecule has 118 valence electrons. The van der Waals surface area contributed by atoms with Crippen molar-refractivity contribution in [2.75, 3.05) is 30.4 Å². The van der Waals surface area contributed by atoms with Crippen LogP contribution in [0.4, 0.5) is 11.5 Å². The molecule has 1 aromatic rings. The Hall–Kier alpha value is -1.82. The van der Waals surface area contributed by atoms with E-state index in [9.17, 15) is 9.90 Å². The fourth-order valence-corrected chi connectivity index (χ4v) is 2.32. The van der Waals surface area contributed by atoms with Gasteiger partial charge in [-0.1, -0.05) is 13.8 Å². The predicted molar refractivity (Wildman–Crippen MR) is 83.4 cm³/mol. The van der Waals surface area contributed by atoms with Gasteiger partial charge in [0.2, 0.25) is 0 Å². The molecule has 21 heavy (non-hydrogen) atoms. The van der Waals surface area contributed by atoms with Gasteiger partial charge >= 0.3 is 5.97 Å². The second-order valence-electron chi connectivity index (χ2n) is 4.74. The van der Waals surface area contributed by atoms with Gasteiger partial charge in [0.15, 0.2) is 0 Å². The lowest BCUT2D eigenvalue weighted by molar-refractivity contribution is 0.0527. The minimum absolute atomic E-state index is 0.0251. The molecule has 6 nitrogen and oxygen atoms in total. The van der Waals surface area contributed by atoms with Gasteiger partial charge in [0, 0.05) is 12.6 Å². The van der Waals surface area contributed by atoms with E-state index in [4.69, 9.17) is 10.5 Å². The number of aliphatic hydroxyl groups excluding tert-OH is 1. The van der Waals surface area contributed by atoms with Crippen molar-refractivity contribution >= 4 is 17.5 Å². The lowest BCUT2D eigenvalue weighted by Crippen LogP contribution is -2.37. The summed E-state index contributed by atoms with van der Waals surface area (Å²) in [6.45, 7) is 6.70. The van der Waals surface area contributed by atoms with Crippen molar-refractivity contribution in [3.8, 4) is 0 Å². The molecule has 1 rings (SSSR count). The number of nitrogens with two attached hydrogens (primary N) is 1. The van der Waals surface area contributed by atoms with Crippen LogP contribution in [0, 0.1) is 0 Å². The van der Waals surface area contributed by atoms with Crippen LogP contribution >= 0.6 is 0 Å². The minimum Gasteiger partial charge on any atom is -0.462 e. The first-order chi connectivity index (χ1) is 10.1. The predicted octanol–water partition coefficient (Wildman–Crippen LogP) is 1.83. The van der Waals surface area contributed by atoms with Gasteiger partial charge in [-0.25, -0.2) is 9.78 Å². The van der Waals surface area contributed by atoms with Gasteiger partial charge in [-0.05, 0) is 25.8 Å². The highest BCUT2D eigenvalue weighted by molar-refractivity contribution is 5.95. The van der Waals surface area contributed by atoms with Gasteiger partial charge in [-0.2, -0.15) is 0 Å². The molecule has 3 N–H and O–H groups in total. The number of nitrogens with zero attached hydrogens (tertiary/aromatic N) is 2. The number of rotatable bonds is 8. The number of nitrogen functional groups attached to an aromatic ring is 1. The molecule has 0 fully saturated rings. The molecule has 0 aliphatic carbocycles. The summed E-state index contributed by atoms with van der Waals surface area (Å²) in [6.07, 6.45) is 3.32. The number of hydrogen-bond acceptors (Lipinski definition) is 6. The molecule has 0 saturated heterocycles. The number of carbonyl (C=O) groups is 1. The van der Waals surface area contributed by atoms with Crippen LogP contribution in [0.5, 0.6) is 0 Å². The van der Waals surface area contributed by atoms with E-state index >= 15 is 0 Å². The largest absolute Gasteiger partial charge is 0.462 e. The first kappa shape index (κ1) is 17.2. The van der Waals surface area contributed by atoms with E-state index in [-0.39, 0.29) is 12.6 Å². The topological polar surface area (TPSA) is 88.7 Å². The number of aromatic nitrogens is 1. The Kier molecular flexibility index (Phi) is 6.94. The van der Waals surface area contributed by atoms with Gasteiger partial charge in [0.1, 0.15) is 5.82 Å². The fourth-order valence-electron chi connectivity index (χ4n) is 2.32. The van der Waals surface area contributed by atoms with Crippen molar-refractivity contribution in [2.45, 2.75) is 39.7 Å². The lowest BCUT2D eigenvalue weighted by Gasteiger charge is -2.31. The Bertz CT molecular complexity index is 461. The average Bonchev–Trinajstić information content (AvgIpc) is 2.48. The Labute approximate surface area is 125 Å². The molecule has 0 aromatic carbocycles. The number of carbonyl (C=O) groups excluding carboxylic acids is 1. The van der Waals surface area contributed by atoms with Crippen LogP contribution in [0.25, 0.3) is 0 Å². The summed E-state index contributed by atoms with van der Waals surface area (Å²) in [5.74, 6) is 0.183. The molecule has 6 heteroatoms. The molecule has 0 bridgehead atoms. The van der Waals surface area contributed by atoms with E-state index in [0.717, 1.165) is 12.8 Å². The van der Waals surface area contributed by atoms with Gasteiger partial charge < -0.3 is 20.5 Å². The van der Waals surface area contributed by atoms with E-state index in [0.29, 0.717) is 30.2 Å². The number of esters is 1. The van der Waals surface area contributed by atoms with Crippen molar-refractivity contribution in [2.24, 2.45) is 0 Å².